The number of amides is 1. The molecule has 1 unspecified atom stereocenters. The Morgan fingerprint density at radius 2 is 2.12 bits per heavy atom. The molecule has 4 nitrogen and oxygen atoms in total. The molecule has 0 radical (unpaired) electrons. The van der Waals surface area contributed by atoms with Gasteiger partial charge in [0, 0.05) is 37.4 Å². The second-order valence-corrected chi connectivity index (χ2v) is 4.12. The summed E-state index contributed by atoms with van der Waals surface area (Å²) in [5, 5.41) is 2.60. The van der Waals surface area contributed by atoms with Crippen LogP contribution in [0, 0.1) is 0 Å². The summed E-state index contributed by atoms with van der Waals surface area (Å²) >= 11 is 0. The Balaban J connectivity index is 2.10. The SMILES string of the molecule is CNC(=O)c1ccc(N2CCC(N)C2)cc1. The molecule has 1 heterocycles. The van der Waals surface area contributed by atoms with Gasteiger partial charge in [0.05, 0.1) is 0 Å². The summed E-state index contributed by atoms with van der Waals surface area (Å²) in [4.78, 5) is 13.6. The van der Waals surface area contributed by atoms with Crippen LogP contribution < -0.4 is 16.0 Å². The lowest BCUT2D eigenvalue weighted by molar-refractivity contribution is 0.0963. The molecule has 4 heteroatoms. The van der Waals surface area contributed by atoms with Gasteiger partial charge in [-0.2, -0.15) is 0 Å². The third-order valence-electron chi connectivity index (χ3n) is 2.95. The zero-order valence-corrected chi connectivity index (χ0v) is 9.44. The number of rotatable bonds is 2. The van der Waals surface area contributed by atoms with Gasteiger partial charge in [-0.1, -0.05) is 0 Å². The van der Waals surface area contributed by atoms with E-state index in [4.69, 9.17) is 5.73 Å². The van der Waals surface area contributed by atoms with Gasteiger partial charge in [0.15, 0.2) is 0 Å². The average molecular weight is 219 g/mol. The van der Waals surface area contributed by atoms with Crippen LogP contribution in [-0.2, 0) is 0 Å². The fourth-order valence-corrected chi connectivity index (χ4v) is 1.99. The van der Waals surface area contributed by atoms with Gasteiger partial charge in [-0.15, -0.1) is 0 Å². The topological polar surface area (TPSA) is 58.4 Å². The lowest BCUT2D eigenvalue weighted by atomic mass is 10.2. The molecule has 1 aliphatic rings. The molecule has 86 valence electrons. The summed E-state index contributed by atoms with van der Waals surface area (Å²) in [5.41, 5.74) is 7.69. The quantitative estimate of drug-likeness (QED) is 0.765. The lowest BCUT2D eigenvalue weighted by Gasteiger charge is -2.18. The normalized spacial score (nSPS) is 19.9. The van der Waals surface area contributed by atoms with Gasteiger partial charge in [0.25, 0.3) is 5.91 Å². The molecule has 1 aliphatic heterocycles. The summed E-state index contributed by atoms with van der Waals surface area (Å²) in [6, 6.07) is 7.92. The number of nitrogens with one attached hydrogen (secondary N) is 1. The third kappa shape index (κ3) is 2.17. The molecule has 1 aromatic rings. The zero-order valence-electron chi connectivity index (χ0n) is 9.44. The smallest absolute Gasteiger partial charge is 0.251 e. The predicted octanol–water partition coefficient (Wildman–Crippen LogP) is 0.584. The number of nitrogens with two attached hydrogens (primary N) is 1. The molecule has 0 bridgehead atoms. The summed E-state index contributed by atoms with van der Waals surface area (Å²) in [5.74, 6) is -0.0512. The lowest BCUT2D eigenvalue weighted by Crippen LogP contribution is -2.26. The van der Waals surface area contributed by atoms with Crippen molar-refractivity contribution in [3.63, 3.8) is 0 Å². The van der Waals surface area contributed by atoms with Crippen molar-refractivity contribution in [1.82, 2.24) is 5.32 Å². The Kier molecular flexibility index (Phi) is 3.10. The average Bonchev–Trinajstić information content (AvgIpc) is 2.75. The third-order valence-corrected chi connectivity index (χ3v) is 2.95. The van der Waals surface area contributed by atoms with E-state index in [1.165, 1.54) is 0 Å². The fraction of sp³-hybridized carbons (Fsp3) is 0.417. The minimum Gasteiger partial charge on any atom is -0.370 e. The minimum atomic E-state index is -0.0512. The highest BCUT2D eigenvalue weighted by atomic mass is 16.1. The van der Waals surface area contributed by atoms with Crippen LogP contribution in [0.3, 0.4) is 0 Å². The Labute approximate surface area is 95.4 Å². The van der Waals surface area contributed by atoms with Crippen molar-refractivity contribution in [2.45, 2.75) is 12.5 Å². The molecule has 3 N–H and O–H groups in total. The van der Waals surface area contributed by atoms with Crippen LogP contribution in [0.2, 0.25) is 0 Å². The largest absolute Gasteiger partial charge is 0.370 e. The molecule has 1 amide bonds. The molecule has 1 atom stereocenters. The number of hydrogen-bond donors (Lipinski definition) is 2. The van der Waals surface area contributed by atoms with Crippen molar-refractivity contribution in [3.05, 3.63) is 29.8 Å². The second kappa shape index (κ2) is 4.53. The van der Waals surface area contributed by atoms with Crippen molar-refractivity contribution in [2.24, 2.45) is 5.73 Å². The van der Waals surface area contributed by atoms with Crippen LogP contribution in [-0.4, -0.2) is 32.1 Å². The summed E-state index contributed by atoms with van der Waals surface area (Å²) in [6.45, 7) is 1.90. The van der Waals surface area contributed by atoms with E-state index in [1.807, 2.05) is 24.3 Å². The van der Waals surface area contributed by atoms with E-state index in [-0.39, 0.29) is 11.9 Å². The van der Waals surface area contributed by atoms with Crippen molar-refractivity contribution < 1.29 is 4.79 Å². The van der Waals surface area contributed by atoms with E-state index in [0.29, 0.717) is 5.56 Å². The molecule has 16 heavy (non-hydrogen) atoms. The van der Waals surface area contributed by atoms with E-state index < -0.39 is 0 Å². The maximum atomic E-state index is 11.4. The van der Waals surface area contributed by atoms with Gasteiger partial charge in [0.1, 0.15) is 0 Å². The first-order valence-corrected chi connectivity index (χ1v) is 5.53. The van der Waals surface area contributed by atoms with Crippen LogP contribution in [0.4, 0.5) is 5.69 Å². The predicted molar refractivity (Wildman–Crippen MR) is 64.6 cm³/mol. The Morgan fingerprint density at radius 3 is 2.62 bits per heavy atom. The molecule has 0 aliphatic carbocycles. The Bertz CT molecular complexity index is 374. The fourth-order valence-electron chi connectivity index (χ4n) is 1.99. The van der Waals surface area contributed by atoms with E-state index in [0.717, 1.165) is 25.2 Å². The van der Waals surface area contributed by atoms with Crippen molar-refractivity contribution in [3.8, 4) is 0 Å². The summed E-state index contributed by atoms with van der Waals surface area (Å²) in [7, 11) is 1.63. The number of carbonyl (C=O) groups is 1. The van der Waals surface area contributed by atoms with E-state index in [1.54, 1.807) is 7.05 Å². The van der Waals surface area contributed by atoms with Crippen LogP contribution >= 0.6 is 0 Å². The van der Waals surface area contributed by atoms with Gasteiger partial charge >= 0.3 is 0 Å². The highest BCUT2D eigenvalue weighted by Gasteiger charge is 2.19. The van der Waals surface area contributed by atoms with Crippen molar-refractivity contribution in [1.29, 1.82) is 0 Å². The van der Waals surface area contributed by atoms with Crippen molar-refractivity contribution in [2.75, 3.05) is 25.0 Å². The summed E-state index contributed by atoms with van der Waals surface area (Å²) in [6.07, 6.45) is 1.04. The molecule has 1 aromatic carbocycles. The molecule has 2 rings (SSSR count). The Hall–Kier alpha value is -1.55. The number of benzene rings is 1. The van der Waals surface area contributed by atoms with Gasteiger partial charge in [0.2, 0.25) is 0 Å². The first kappa shape index (κ1) is 11.0. The van der Waals surface area contributed by atoms with E-state index in [2.05, 4.69) is 10.2 Å². The molecule has 1 saturated heterocycles. The van der Waals surface area contributed by atoms with Gasteiger partial charge in [-0.3, -0.25) is 4.79 Å². The van der Waals surface area contributed by atoms with Crippen molar-refractivity contribution >= 4 is 11.6 Å². The molecule has 1 fully saturated rings. The Morgan fingerprint density at radius 1 is 1.44 bits per heavy atom. The summed E-state index contributed by atoms with van der Waals surface area (Å²) < 4.78 is 0. The zero-order chi connectivity index (χ0) is 11.5. The number of hydrogen-bond acceptors (Lipinski definition) is 3. The monoisotopic (exact) mass is 219 g/mol. The van der Waals surface area contributed by atoms with Gasteiger partial charge < -0.3 is 16.0 Å². The first-order chi connectivity index (χ1) is 7.70. The number of carbonyl (C=O) groups excluding carboxylic acids is 1. The maximum Gasteiger partial charge on any atom is 0.251 e. The van der Waals surface area contributed by atoms with Crippen LogP contribution in [0.5, 0.6) is 0 Å². The highest BCUT2D eigenvalue weighted by molar-refractivity contribution is 5.94. The molecular formula is C12H17N3O. The first-order valence-electron chi connectivity index (χ1n) is 5.53. The van der Waals surface area contributed by atoms with E-state index in [9.17, 15) is 4.79 Å². The molecule has 0 spiro atoms. The standard InChI is InChI=1S/C12H17N3O/c1-14-12(16)9-2-4-11(5-3-9)15-7-6-10(13)8-15/h2-5,10H,6-8,13H2,1H3,(H,14,16). The number of anilines is 1. The van der Waals surface area contributed by atoms with Crippen LogP contribution in [0.25, 0.3) is 0 Å². The molecule has 0 saturated carbocycles. The van der Waals surface area contributed by atoms with Gasteiger partial charge in [-0.05, 0) is 30.7 Å². The second-order valence-electron chi connectivity index (χ2n) is 4.12. The van der Waals surface area contributed by atoms with Crippen LogP contribution in [0.15, 0.2) is 24.3 Å². The van der Waals surface area contributed by atoms with Gasteiger partial charge in [-0.25, -0.2) is 0 Å². The van der Waals surface area contributed by atoms with E-state index >= 15 is 0 Å². The molecule has 0 aromatic heterocycles. The maximum absolute atomic E-state index is 11.4. The minimum absolute atomic E-state index is 0.0512. The molecular weight excluding hydrogens is 202 g/mol. The number of nitrogens with zero attached hydrogens (tertiary/aromatic N) is 1. The van der Waals surface area contributed by atoms with Crippen LogP contribution in [0.1, 0.15) is 16.8 Å². The highest BCUT2D eigenvalue weighted by Crippen LogP contribution is 2.19.